The van der Waals surface area contributed by atoms with E-state index in [1.165, 1.54) is 12.8 Å². The molecule has 0 fully saturated rings. The van der Waals surface area contributed by atoms with E-state index < -0.39 is 0 Å². The minimum atomic E-state index is 0.564. The smallest absolute Gasteiger partial charge is 0.0175 e. The molecule has 64 valence electrons. The lowest BCUT2D eigenvalue weighted by atomic mass is 9.76. The third kappa shape index (κ3) is 1.23. The maximum Gasteiger partial charge on any atom is -0.0175 e. The highest BCUT2D eigenvalue weighted by Gasteiger charge is 2.36. The summed E-state index contributed by atoms with van der Waals surface area (Å²) in [5.41, 5.74) is 3.82. The second-order valence-electron chi connectivity index (χ2n) is 4.37. The van der Waals surface area contributed by atoms with Crippen molar-refractivity contribution < 1.29 is 0 Å². The van der Waals surface area contributed by atoms with Crippen molar-refractivity contribution >= 4 is 0 Å². The van der Waals surface area contributed by atoms with E-state index in [9.17, 15) is 0 Å². The molecule has 0 radical (unpaired) electrons. The molecule has 0 amide bonds. The molecule has 0 nitrogen and oxygen atoms in total. The topological polar surface area (TPSA) is 0 Å². The Labute approximate surface area is 70.7 Å². The third-order valence-electron chi connectivity index (χ3n) is 3.84. The second kappa shape index (κ2) is 2.66. The molecule has 0 heteroatoms. The van der Waals surface area contributed by atoms with Crippen LogP contribution in [0.3, 0.4) is 0 Å². The standard InChI is InChI=1S/C11H20/c1-6-11(5)7-8(2)9(3)10(11)4/h10H,6-7H2,1-5H3. The summed E-state index contributed by atoms with van der Waals surface area (Å²) in [5, 5.41) is 0. The van der Waals surface area contributed by atoms with Crippen molar-refractivity contribution in [2.75, 3.05) is 0 Å². The quantitative estimate of drug-likeness (QED) is 0.502. The molecule has 0 aromatic rings. The van der Waals surface area contributed by atoms with Gasteiger partial charge in [-0.1, -0.05) is 31.9 Å². The van der Waals surface area contributed by atoms with Gasteiger partial charge >= 0.3 is 0 Å². The lowest BCUT2D eigenvalue weighted by Crippen LogP contribution is -2.19. The first-order valence-corrected chi connectivity index (χ1v) is 4.67. The highest BCUT2D eigenvalue weighted by molar-refractivity contribution is 5.23. The van der Waals surface area contributed by atoms with E-state index in [2.05, 4.69) is 34.6 Å². The van der Waals surface area contributed by atoms with Gasteiger partial charge < -0.3 is 0 Å². The minimum absolute atomic E-state index is 0.564. The molecule has 2 unspecified atom stereocenters. The van der Waals surface area contributed by atoms with Crippen LogP contribution in [-0.2, 0) is 0 Å². The number of allylic oxidation sites excluding steroid dienone is 2. The van der Waals surface area contributed by atoms with Crippen LogP contribution >= 0.6 is 0 Å². The molecule has 0 N–H and O–H groups in total. The SMILES string of the molecule is CCC1(C)CC(C)=C(C)C1C. The van der Waals surface area contributed by atoms with Gasteiger partial charge in [0.05, 0.1) is 0 Å². The van der Waals surface area contributed by atoms with Gasteiger partial charge in [0.2, 0.25) is 0 Å². The highest BCUT2D eigenvalue weighted by Crippen LogP contribution is 2.48. The van der Waals surface area contributed by atoms with E-state index in [1.807, 2.05) is 0 Å². The van der Waals surface area contributed by atoms with Crippen molar-refractivity contribution in [1.82, 2.24) is 0 Å². The molecule has 11 heavy (non-hydrogen) atoms. The average Bonchev–Trinajstić information content (AvgIpc) is 2.17. The Balaban J connectivity index is 2.85. The first kappa shape index (κ1) is 8.83. The highest BCUT2D eigenvalue weighted by atomic mass is 14.4. The maximum absolute atomic E-state index is 2.41. The van der Waals surface area contributed by atoms with Crippen LogP contribution in [0.1, 0.15) is 47.5 Å². The zero-order valence-electron chi connectivity index (χ0n) is 8.49. The Hall–Kier alpha value is -0.260. The summed E-state index contributed by atoms with van der Waals surface area (Å²) in [7, 11) is 0. The van der Waals surface area contributed by atoms with Crippen molar-refractivity contribution in [2.45, 2.75) is 47.5 Å². The fourth-order valence-electron chi connectivity index (χ4n) is 2.22. The van der Waals surface area contributed by atoms with Crippen molar-refractivity contribution in [2.24, 2.45) is 11.3 Å². The van der Waals surface area contributed by atoms with E-state index in [0.29, 0.717) is 5.41 Å². The Morgan fingerprint density at radius 1 is 1.45 bits per heavy atom. The first-order valence-electron chi connectivity index (χ1n) is 4.67. The van der Waals surface area contributed by atoms with Gasteiger partial charge in [-0.15, -0.1) is 0 Å². The minimum Gasteiger partial charge on any atom is -0.0735 e. The Kier molecular flexibility index (Phi) is 2.13. The van der Waals surface area contributed by atoms with Crippen LogP contribution in [0.2, 0.25) is 0 Å². The van der Waals surface area contributed by atoms with E-state index in [-0.39, 0.29) is 0 Å². The third-order valence-corrected chi connectivity index (χ3v) is 3.84. The molecule has 0 saturated carbocycles. The molecule has 0 saturated heterocycles. The van der Waals surface area contributed by atoms with Crippen LogP contribution in [0.4, 0.5) is 0 Å². The molecule has 0 aliphatic heterocycles. The summed E-state index contributed by atoms with van der Waals surface area (Å²) >= 11 is 0. The fourth-order valence-corrected chi connectivity index (χ4v) is 2.22. The molecule has 0 aromatic carbocycles. The van der Waals surface area contributed by atoms with Gasteiger partial charge in [0.1, 0.15) is 0 Å². The van der Waals surface area contributed by atoms with Gasteiger partial charge in [-0.05, 0) is 38.0 Å². The number of rotatable bonds is 1. The predicted molar refractivity (Wildman–Crippen MR) is 50.6 cm³/mol. The molecular formula is C11H20. The van der Waals surface area contributed by atoms with E-state index >= 15 is 0 Å². The summed E-state index contributed by atoms with van der Waals surface area (Å²) < 4.78 is 0. The van der Waals surface area contributed by atoms with Gasteiger partial charge in [-0.3, -0.25) is 0 Å². The van der Waals surface area contributed by atoms with Crippen LogP contribution in [0.25, 0.3) is 0 Å². The molecule has 0 aromatic heterocycles. The molecule has 1 aliphatic rings. The van der Waals surface area contributed by atoms with Crippen molar-refractivity contribution in [3.05, 3.63) is 11.1 Å². The van der Waals surface area contributed by atoms with Gasteiger partial charge in [0.25, 0.3) is 0 Å². The van der Waals surface area contributed by atoms with Crippen molar-refractivity contribution in [3.63, 3.8) is 0 Å². The molecule has 0 heterocycles. The van der Waals surface area contributed by atoms with Crippen LogP contribution in [0, 0.1) is 11.3 Å². The normalized spacial score (nSPS) is 38.5. The molecular weight excluding hydrogens is 132 g/mol. The van der Waals surface area contributed by atoms with Crippen molar-refractivity contribution in [3.8, 4) is 0 Å². The van der Waals surface area contributed by atoms with Gasteiger partial charge in [0.15, 0.2) is 0 Å². The summed E-state index contributed by atoms with van der Waals surface area (Å²) in [6.45, 7) is 11.7. The molecule has 1 aliphatic carbocycles. The Morgan fingerprint density at radius 2 is 2.00 bits per heavy atom. The Morgan fingerprint density at radius 3 is 2.18 bits per heavy atom. The molecule has 0 bridgehead atoms. The number of hydrogen-bond donors (Lipinski definition) is 0. The molecule has 2 atom stereocenters. The summed E-state index contributed by atoms with van der Waals surface area (Å²) in [6.07, 6.45) is 2.62. The van der Waals surface area contributed by atoms with Crippen molar-refractivity contribution in [1.29, 1.82) is 0 Å². The first-order chi connectivity index (χ1) is 5.01. The Bertz CT molecular complexity index is 188. The van der Waals surface area contributed by atoms with Crippen LogP contribution in [0.5, 0.6) is 0 Å². The fraction of sp³-hybridized carbons (Fsp3) is 0.818. The summed E-state index contributed by atoms with van der Waals surface area (Å²) in [4.78, 5) is 0. The lowest BCUT2D eigenvalue weighted by molar-refractivity contribution is 0.247. The zero-order valence-corrected chi connectivity index (χ0v) is 8.49. The van der Waals surface area contributed by atoms with E-state index in [0.717, 1.165) is 5.92 Å². The predicted octanol–water partition coefficient (Wildman–Crippen LogP) is 3.78. The van der Waals surface area contributed by atoms with E-state index in [1.54, 1.807) is 11.1 Å². The largest absolute Gasteiger partial charge is 0.0735 e. The average molecular weight is 152 g/mol. The van der Waals surface area contributed by atoms with Gasteiger partial charge in [-0.2, -0.15) is 0 Å². The lowest BCUT2D eigenvalue weighted by Gasteiger charge is -2.29. The van der Waals surface area contributed by atoms with Crippen LogP contribution in [-0.4, -0.2) is 0 Å². The molecule has 1 rings (SSSR count). The monoisotopic (exact) mass is 152 g/mol. The van der Waals surface area contributed by atoms with E-state index in [4.69, 9.17) is 0 Å². The van der Waals surface area contributed by atoms with Gasteiger partial charge in [-0.25, -0.2) is 0 Å². The summed E-state index contributed by atoms with van der Waals surface area (Å²) in [6, 6.07) is 0. The number of hydrogen-bond acceptors (Lipinski definition) is 0. The van der Waals surface area contributed by atoms with Gasteiger partial charge in [0, 0.05) is 0 Å². The maximum atomic E-state index is 2.41. The van der Waals surface area contributed by atoms with Crippen LogP contribution in [0.15, 0.2) is 11.1 Å². The van der Waals surface area contributed by atoms with Crippen LogP contribution < -0.4 is 0 Å². The summed E-state index contributed by atoms with van der Waals surface area (Å²) in [5.74, 6) is 0.799. The second-order valence-corrected chi connectivity index (χ2v) is 4.37. The zero-order chi connectivity index (χ0) is 8.65. The molecule has 0 spiro atoms.